The normalized spacial score (nSPS) is 10.3. The molecule has 0 atom stereocenters. The van der Waals surface area contributed by atoms with Crippen molar-refractivity contribution in [2.45, 2.75) is 13.3 Å². The summed E-state index contributed by atoms with van der Waals surface area (Å²) in [6.07, 6.45) is 0.497. The highest BCUT2D eigenvalue weighted by atomic mass is 32.1. The van der Waals surface area contributed by atoms with Crippen LogP contribution in [0.3, 0.4) is 0 Å². The summed E-state index contributed by atoms with van der Waals surface area (Å²) >= 11 is 0.867. The van der Waals surface area contributed by atoms with Crippen molar-refractivity contribution in [3.63, 3.8) is 0 Å². The average molecular weight is 384 g/mol. The van der Waals surface area contributed by atoms with E-state index in [2.05, 4.69) is 20.2 Å². The van der Waals surface area contributed by atoms with Gasteiger partial charge in [0.25, 0.3) is 5.91 Å². The maximum atomic E-state index is 13.0. The monoisotopic (exact) mass is 384 g/mol. The fraction of sp³-hybridized carbons (Fsp3) is 0.267. The van der Waals surface area contributed by atoms with Crippen LogP contribution in [-0.4, -0.2) is 40.5 Å². The lowest BCUT2D eigenvalue weighted by Crippen LogP contribution is -2.35. The van der Waals surface area contributed by atoms with Crippen molar-refractivity contribution in [1.82, 2.24) is 14.9 Å². The molecule has 1 aromatic carbocycles. The Morgan fingerprint density at radius 1 is 1.19 bits per heavy atom. The lowest BCUT2D eigenvalue weighted by Gasteiger charge is -2.08. The van der Waals surface area contributed by atoms with Gasteiger partial charge in [-0.1, -0.05) is 11.4 Å². The number of ether oxygens (including phenoxy) is 1. The number of amides is 2. The number of benzene rings is 1. The Labute approximate surface area is 150 Å². The third-order valence-electron chi connectivity index (χ3n) is 3.06. The zero-order chi connectivity index (χ0) is 19.1. The Balaban J connectivity index is 1.75. The van der Waals surface area contributed by atoms with Crippen LogP contribution >= 0.6 is 11.5 Å². The van der Waals surface area contributed by atoms with Crippen LogP contribution in [0.5, 0.6) is 0 Å². The topological polar surface area (TPSA) is 110 Å². The van der Waals surface area contributed by atoms with E-state index in [0.717, 1.165) is 23.7 Å². The van der Waals surface area contributed by atoms with Gasteiger partial charge in [-0.15, -0.1) is 5.10 Å². The number of esters is 1. The minimum Gasteiger partial charge on any atom is -0.451 e. The second-order valence-corrected chi connectivity index (χ2v) is 5.69. The molecular formula is C15H14F2N4O4S. The average Bonchev–Trinajstić information content (AvgIpc) is 3.10. The van der Waals surface area contributed by atoms with Crippen LogP contribution in [0, 0.1) is 11.6 Å². The second-order valence-electron chi connectivity index (χ2n) is 4.93. The van der Waals surface area contributed by atoms with Crippen molar-refractivity contribution in [3.05, 3.63) is 40.4 Å². The van der Waals surface area contributed by atoms with Gasteiger partial charge in [0, 0.05) is 11.8 Å². The Morgan fingerprint density at radius 3 is 2.65 bits per heavy atom. The number of rotatable bonds is 7. The van der Waals surface area contributed by atoms with Crippen LogP contribution in [-0.2, 0) is 20.7 Å². The van der Waals surface area contributed by atoms with E-state index in [1.807, 2.05) is 0 Å². The summed E-state index contributed by atoms with van der Waals surface area (Å²) in [4.78, 5) is 35.3. The van der Waals surface area contributed by atoms with Crippen LogP contribution in [0.25, 0.3) is 0 Å². The molecule has 11 heteroatoms. The van der Waals surface area contributed by atoms with Crippen molar-refractivity contribution in [2.75, 3.05) is 18.5 Å². The standard InChI is InChI=1S/C15H14F2N4O4S/c1-2-11-14(26-21-20-11)15(24)25-7-13(23)18-6-12(22)19-8-3-4-9(16)10(17)5-8/h3-5H,2,6-7H2,1H3,(H,18,23)(H,19,22). The van der Waals surface area contributed by atoms with Gasteiger partial charge in [0.05, 0.1) is 12.2 Å². The third-order valence-corrected chi connectivity index (χ3v) is 3.81. The molecule has 0 bridgehead atoms. The molecule has 0 aliphatic heterocycles. The van der Waals surface area contributed by atoms with Gasteiger partial charge in [0.15, 0.2) is 23.1 Å². The van der Waals surface area contributed by atoms with Gasteiger partial charge in [0.2, 0.25) is 5.91 Å². The van der Waals surface area contributed by atoms with E-state index in [1.54, 1.807) is 6.92 Å². The summed E-state index contributed by atoms with van der Waals surface area (Å²) in [6, 6.07) is 2.85. The molecule has 0 radical (unpaired) electrons. The highest BCUT2D eigenvalue weighted by Crippen LogP contribution is 2.13. The first kappa shape index (κ1) is 19.4. The largest absolute Gasteiger partial charge is 0.451 e. The summed E-state index contributed by atoms with van der Waals surface area (Å²) < 4.78 is 34.3. The lowest BCUT2D eigenvalue weighted by molar-refractivity contribution is -0.126. The first-order valence-electron chi connectivity index (χ1n) is 7.40. The highest BCUT2D eigenvalue weighted by molar-refractivity contribution is 7.07. The van der Waals surface area contributed by atoms with Crippen LogP contribution in [0.4, 0.5) is 14.5 Å². The summed E-state index contributed by atoms with van der Waals surface area (Å²) in [5.74, 6) is -4.23. The van der Waals surface area contributed by atoms with Gasteiger partial charge in [-0.25, -0.2) is 13.6 Å². The number of nitrogens with one attached hydrogen (secondary N) is 2. The molecule has 2 rings (SSSR count). The van der Waals surface area contributed by atoms with Crippen LogP contribution in [0.1, 0.15) is 22.3 Å². The number of anilines is 1. The summed E-state index contributed by atoms with van der Waals surface area (Å²) in [7, 11) is 0. The molecule has 2 amide bonds. The number of carbonyl (C=O) groups is 3. The Morgan fingerprint density at radius 2 is 1.96 bits per heavy atom. The first-order chi connectivity index (χ1) is 12.4. The molecule has 0 saturated carbocycles. The summed E-state index contributed by atoms with van der Waals surface area (Å²) in [6.45, 7) is 0.780. The zero-order valence-corrected chi connectivity index (χ0v) is 14.4. The van der Waals surface area contributed by atoms with Crippen LogP contribution in [0.2, 0.25) is 0 Å². The third kappa shape index (κ3) is 5.28. The minimum absolute atomic E-state index is 0.0411. The Bertz CT molecular complexity index is 828. The molecule has 8 nitrogen and oxygen atoms in total. The van der Waals surface area contributed by atoms with Gasteiger partial charge < -0.3 is 15.4 Å². The molecule has 2 aromatic rings. The number of carbonyl (C=O) groups excluding carboxylic acids is 3. The molecule has 0 fully saturated rings. The molecule has 0 saturated heterocycles. The van der Waals surface area contributed by atoms with E-state index in [-0.39, 0.29) is 10.6 Å². The number of aryl methyl sites for hydroxylation is 1. The fourth-order valence-electron chi connectivity index (χ4n) is 1.80. The highest BCUT2D eigenvalue weighted by Gasteiger charge is 2.18. The van der Waals surface area contributed by atoms with E-state index >= 15 is 0 Å². The zero-order valence-electron chi connectivity index (χ0n) is 13.5. The summed E-state index contributed by atoms with van der Waals surface area (Å²) in [5, 5.41) is 8.28. The predicted molar refractivity (Wildman–Crippen MR) is 87.6 cm³/mol. The molecule has 0 aliphatic rings. The maximum Gasteiger partial charge on any atom is 0.352 e. The minimum atomic E-state index is -1.11. The van der Waals surface area contributed by atoms with Gasteiger partial charge in [-0.3, -0.25) is 9.59 Å². The summed E-state index contributed by atoms with van der Waals surface area (Å²) in [5.41, 5.74) is 0.519. The molecule has 2 N–H and O–H groups in total. The number of hydrogen-bond acceptors (Lipinski definition) is 7. The van der Waals surface area contributed by atoms with E-state index in [1.165, 1.54) is 6.07 Å². The molecule has 1 aromatic heterocycles. The number of nitrogens with zero attached hydrogens (tertiary/aromatic N) is 2. The maximum absolute atomic E-state index is 13.0. The quantitative estimate of drug-likeness (QED) is 0.696. The molecule has 138 valence electrons. The number of aromatic nitrogens is 2. The molecule has 1 heterocycles. The van der Waals surface area contributed by atoms with Gasteiger partial charge in [-0.05, 0) is 30.1 Å². The Hall–Kier alpha value is -2.95. The van der Waals surface area contributed by atoms with Crippen molar-refractivity contribution in [2.24, 2.45) is 0 Å². The smallest absolute Gasteiger partial charge is 0.352 e. The van der Waals surface area contributed by atoms with E-state index in [4.69, 9.17) is 4.74 Å². The van der Waals surface area contributed by atoms with Gasteiger partial charge in [0.1, 0.15) is 0 Å². The number of halogens is 2. The van der Waals surface area contributed by atoms with Crippen LogP contribution < -0.4 is 10.6 Å². The van der Waals surface area contributed by atoms with E-state index in [0.29, 0.717) is 12.1 Å². The second kappa shape index (κ2) is 8.94. The fourth-order valence-corrected chi connectivity index (χ4v) is 2.45. The Kier molecular flexibility index (Phi) is 6.67. The van der Waals surface area contributed by atoms with Crippen molar-refractivity contribution >= 4 is 35.0 Å². The van der Waals surface area contributed by atoms with E-state index < -0.39 is 42.6 Å². The molecule has 26 heavy (non-hydrogen) atoms. The molecule has 0 unspecified atom stereocenters. The number of hydrogen-bond donors (Lipinski definition) is 2. The van der Waals surface area contributed by atoms with Crippen LogP contribution in [0.15, 0.2) is 18.2 Å². The molecular weight excluding hydrogens is 370 g/mol. The van der Waals surface area contributed by atoms with Gasteiger partial charge in [-0.2, -0.15) is 0 Å². The molecule has 0 spiro atoms. The van der Waals surface area contributed by atoms with Crippen molar-refractivity contribution < 1.29 is 27.9 Å². The first-order valence-corrected chi connectivity index (χ1v) is 8.18. The lowest BCUT2D eigenvalue weighted by atomic mass is 10.3. The predicted octanol–water partition coefficient (Wildman–Crippen LogP) is 1.29. The van der Waals surface area contributed by atoms with Crippen molar-refractivity contribution in [1.29, 1.82) is 0 Å². The SMILES string of the molecule is CCc1nnsc1C(=O)OCC(=O)NCC(=O)Nc1ccc(F)c(F)c1. The van der Waals surface area contributed by atoms with Gasteiger partial charge >= 0.3 is 5.97 Å². The van der Waals surface area contributed by atoms with E-state index in [9.17, 15) is 23.2 Å². The van der Waals surface area contributed by atoms with Crippen molar-refractivity contribution in [3.8, 4) is 0 Å². The molecule has 0 aliphatic carbocycles.